The predicted molar refractivity (Wildman–Crippen MR) is 68.9 cm³/mol. The Bertz CT molecular complexity index is 479. The number of rotatable bonds is 4. The summed E-state index contributed by atoms with van der Waals surface area (Å²) in [6.07, 6.45) is 0.830. The summed E-state index contributed by atoms with van der Waals surface area (Å²) in [4.78, 5) is 1.18. The molecule has 3 heteroatoms. The van der Waals surface area contributed by atoms with Crippen LogP contribution >= 0.6 is 11.3 Å². The molecule has 0 saturated heterocycles. The van der Waals surface area contributed by atoms with Crippen molar-refractivity contribution in [1.82, 2.24) is 0 Å². The molecule has 0 bridgehead atoms. The number of aliphatic hydroxyl groups excluding tert-OH is 1. The Morgan fingerprint density at radius 3 is 2.76 bits per heavy atom. The molecule has 1 aromatic carbocycles. The van der Waals surface area contributed by atoms with Crippen LogP contribution in [-0.4, -0.2) is 11.2 Å². The summed E-state index contributed by atoms with van der Waals surface area (Å²) in [6.45, 7) is 1.87. The Morgan fingerprint density at radius 2 is 2.12 bits per heavy atom. The Hall–Kier alpha value is -1.19. The molecule has 0 radical (unpaired) electrons. The first-order valence-electron chi connectivity index (χ1n) is 5.60. The molecule has 0 aliphatic heterocycles. The first kappa shape index (κ1) is 12.3. The van der Waals surface area contributed by atoms with Crippen LogP contribution in [0.3, 0.4) is 0 Å². The Kier molecular flexibility index (Phi) is 3.92. The Morgan fingerprint density at radius 1 is 1.29 bits per heavy atom. The second kappa shape index (κ2) is 5.43. The van der Waals surface area contributed by atoms with Gasteiger partial charge in [-0.1, -0.05) is 12.1 Å². The lowest BCUT2D eigenvalue weighted by Crippen LogP contribution is -2.14. The van der Waals surface area contributed by atoms with Gasteiger partial charge in [0, 0.05) is 11.3 Å². The first-order chi connectivity index (χ1) is 8.15. The zero-order valence-electron chi connectivity index (χ0n) is 9.69. The van der Waals surface area contributed by atoms with Crippen molar-refractivity contribution in [2.45, 2.75) is 25.9 Å². The molecule has 1 heterocycles. The number of hydrogen-bond donors (Lipinski definition) is 1. The zero-order chi connectivity index (χ0) is 12.3. The highest BCUT2D eigenvalue weighted by Gasteiger charge is 2.09. The second-order valence-corrected chi connectivity index (χ2v) is 5.24. The van der Waals surface area contributed by atoms with Crippen LogP contribution in [0.2, 0.25) is 0 Å². The van der Waals surface area contributed by atoms with E-state index in [-0.39, 0.29) is 5.82 Å². The number of thiophene rings is 1. The molecule has 1 unspecified atom stereocenters. The van der Waals surface area contributed by atoms with Crippen molar-refractivity contribution >= 4 is 11.3 Å². The average Bonchev–Trinajstić information content (AvgIpc) is 2.75. The lowest BCUT2D eigenvalue weighted by molar-refractivity contribution is 0.176. The largest absolute Gasteiger partial charge is 0.392 e. The van der Waals surface area contributed by atoms with Crippen LogP contribution in [0.5, 0.6) is 0 Å². The van der Waals surface area contributed by atoms with E-state index in [1.54, 1.807) is 17.4 Å². The van der Waals surface area contributed by atoms with Gasteiger partial charge in [0.25, 0.3) is 0 Å². The Labute approximate surface area is 105 Å². The molecular weight excluding hydrogens is 235 g/mol. The van der Waals surface area contributed by atoms with E-state index >= 15 is 0 Å². The summed E-state index contributed by atoms with van der Waals surface area (Å²) in [7, 11) is 0. The van der Waals surface area contributed by atoms with Crippen molar-refractivity contribution < 1.29 is 9.50 Å². The maximum Gasteiger partial charge on any atom is 0.123 e. The number of benzene rings is 1. The van der Waals surface area contributed by atoms with Crippen molar-refractivity contribution in [3.05, 3.63) is 57.5 Å². The second-order valence-electron chi connectivity index (χ2n) is 4.21. The minimum atomic E-state index is -0.405. The van der Waals surface area contributed by atoms with Crippen LogP contribution in [0.15, 0.2) is 35.7 Å². The van der Waals surface area contributed by atoms with E-state index in [1.165, 1.54) is 17.0 Å². The van der Waals surface area contributed by atoms with E-state index in [4.69, 9.17) is 0 Å². The maximum absolute atomic E-state index is 12.9. The lowest BCUT2D eigenvalue weighted by Gasteiger charge is -2.11. The van der Waals surface area contributed by atoms with Crippen LogP contribution in [-0.2, 0) is 12.8 Å². The number of aryl methyl sites for hydroxylation is 1. The molecular formula is C14H15FOS. The van der Waals surface area contributed by atoms with Gasteiger partial charge in [-0.15, -0.1) is 11.3 Å². The molecule has 0 saturated carbocycles. The monoisotopic (exact) mass is 250 g/mol. The fraction of sp³-hybridized carbons (Fsp3) is 0.286. The van der Waals surface area contributed by atoms with Crippen molar-refractivity contribution in [3.63, 3.8) is 0 Å². The highest BCUT2D eigenvalue weighted by molar-refractivity contribution is 7.09. The Balaban J connectivity index is 2.00. The van der Waals surface area contributed by atoms with Gasteiger partial charge in [0.1, 0.15) is 5.82 Å². The predicted octanol–water partition coefficient (Wildman–Crippen LogP) is 3.34. The molecule has 0 spiro atoms. The van der Waals surface area contributed by atoms with E-state index in [2.05, 4.69) is 0 Å². The third kappa shape index (κ3) is 3.38. The van der Waals surface area contributed by atoms with Crippen LogP contribution < -0.4 is 0 Å². The van der Waals surface area contributed by atoms with Gasteiger partial charge >= 0.3 is 0 Å². The van der Waals surface area contributed by atoms with Crippen LogP contribution in [0, 0.1) is 12.7 Å². The van der Waals surface area contributed by atoms with E-state index in [0.29, 0.717) is 12.8 Å². The molecule has 0 aliphatic carbocycles. The summed E-state index contributed by atoms with van der Waals surface area (Å²) >= 11 is 1.65. The molecule has 90 valence electrons. The van der Waals surface area contributed by atoms with Gasteiger partial charge in [0.05, 0.1) is 6.10 Å². The SMILES string of the molecule is Cc1cc(F)ccc1CC(O)Cc1cccs1. The van der Waals surface area contributed by atoms with Crippen LogP contribution in [0.4, 0.5) is 4.39 Å². The van der Waals surface area contributed by atoms with Gasteiger partial charge in [-0.2, -0.15) is 0 Å². The number of hydrogen-bond acceptors (Lipinski definition) is 2. The summed E-state index contributed by atoms with van der Waals surface area (Å²) in [5.74, 6) is -0.223. The number of halogens is 1. The molecule has 0 fully saturated rings. The fourth-order valence-corrected chi connectivity index (χ4v) is 2.65. The van der Waals surface area contributed by atoms with Crippen LogP contribution in [0.25, 0.3) is 0 Å². The minimum Gasteiger partial charge on any atom is -0.392 e. The highest BCUT2D eigenvalue weighted by atomic mass is 32.1. The van der Waals surface area contributed by atoms with E-state index < -0.39 is 6.10 Å². The summed E-state index contributed by atoms with van der Waals surface area (Å²) in [5, 5.41) is 12.0. The van der Waals surface area contributed by atoms with Gasteiger partial charge in [0.2, 0.25) is 0 Å². The molecule has 2 aromatic rings. The topological polar surface area (TPSA) is 20.2 Å². The molecule has 0 aliphatic rings. The molecule has 1 nitrogen and oxygen atoms in total. The van der Waals surface area contributed by atoms with Crippen molar-refractivity contribution in [1.29, 1.82) is 0 Å². The highest BCUT2D eigenvalue weighted by Crippen LogP contribution is 2.16. The molecule has 0 amide bonds. The third-order valence-electron chi connectivity index (χ3n) is 2.78. The van der Waals surface area contributed by atoms with E-state index in [9.17, 15) is 9.50 Å². The lowest BCUT2D eigenvalue weighted by atomic mass is 10.0. The van der Waals surface area contributed by atoms with Crippen molar-refractivity contribution in [3.8, 4) is 0 Å². The van der Waals surface area contributed by atoms with Gasteiger partial charge in [-0.05, 0) is 48.1 Å². The summed E-state index contributed by atoms with van der Waals surface area (Å²) in [5.41, 5.74) is 1.91. The summed E-state index contributed by atoms with van der Waals surface area (Å²) in [6, 6.07) is 8.71. The van der Waals surface area contributed by atoms with Gasteiger partial charge in [0.15, 0.2) is 0 Å². The summed E-state index contributed by atoms with van der Waals surface area (Å²) < 4.78 is 12.9. The average molecular weight is 250 g/mol. The quantitative estimate of drug-likeness (QED) is 0.882. The maximum atomic E-state index is 12.9. The number of aliphatic hydroxyl groups is 1. The molecule has 1 N–H and O–H groups in total. The van der Waals surface area contributed by atoms with Crippen molar-refractivity contribution in [2.75, 3.05) is 0 Å². The molecule has 1 atom stereocenters. The van der Waals surface area contributed by atoms with Gasteiger partial charge in [-0.25, -0.2) is 4.39 Å². The van der Waals surface area contributed by atoms with Gasteiger partial charge in [-0.3, -0.25) is 0 Å². The standard InChI is InChI=1S/C14H15FOS/c1-10-7-12(15)5-4-11(10)8-13(16)9-14-3-2-6-17-14/h2-7,13,16H,8-9H2,1H3. The molecule has 1 aromatic heterocycles. The molecule has 2 rings (SSSR count). The normalized spacial score (nSPS) is 12.6. The smallest absolute Gasteiger partial charge is 0.123 e. The fourth-order valence-electron chi connectivity index (χ4n) is 1.88. The third-order valence-corrected chi connectivity index (χ3v) is 3.68. The molecule has 17 heavy (non-hydrogen) atoms. The van der Waals surface area contributed by atoms with E-state index in [0.717, 1.165) is 11.1 Å². The van der Waals surface area contributed by atoms with Crippen molar-refractivity contribution in [2.24, 2.45) is 0 Å². The minimum absolute atomic E-state index is 0.223. The van der Waals surface area contributed by atoms with Crippen LogP contribution in [0.1, 0.15) is 16.0 Å². The zero-order valence-corrected chi connectivity index (χ0v) is 10.5. The van der Waals surface area contributed by atoms with Gasteiger partial charge < -0.3 is 5.11 Å². The van der Waals surface area contributed by atoms with E-state index in [1.807, 2.05) is 24.4 Å². The first-order valence-corrected chi connectivity index (χ1v) is 6.48.